The fourth-order valence-electron chi connectivity index (χ4n) is 3.33. The Morgan fingerprint density at radius 3 is 2.38 bits per heavy atom. The number of piperazine rings is 1. The number of alkyl halides is 2. The molecule has 12 heteroatoms. The molecule has 0 spiro atoms. The maximum Gasteiger partial charge on any atom is 0.350 e. The van der Waals surface area contributed by atoms with Crippen molar-refractivity contribution in [3.63, 3.8) is 0 Å². The van der Waals surface area contributed by atoms with Gasteiger partial charge in [0.05, 0.1) is 16.1 Å². The molecule has 0 aliphatic carbocycles. The van der Waals surface area contributed by atoms with Crippen molar-refractivity contribution in [2.75, 3.05) is 45.2 Å². The first-order valence-corrected chi connectivity index (χ1v) is 11.4. The van der Waals surface area contributed by atoms with Gasteiger partial charge >= 0.3 is 5.76 Å². The summed E-state index contributed by atoms with van der Waals surface area (Å²) in [6.45, 7) is -0.00378. The van der Waals surface area contributed by atoms with Gasteiger partial charge in [0.15, 0.2) is 0 Å². The largest absolute Gasteiger partial charge is 0.353 e. The maximum absolute atomic E-state index is 12.7. The Balaban J connectivity index is 1.83. The number of aromatic nitrogens is 1. The van der Waals surface area contributed by atoms with E-state index in [0.717, 1.165) is 4.31 Å². The third-order valence-electron chi connectivity index (χ3n) is 5.05. The molecule has 8 nitrogen and oxygen atoms in total. The highest BCUT2D eigenvalue weighted by Crippen LogP contribution is 2.29. The number of halogens is 3. The summed E-state index contributed by atoms with van der Waals surface area (Å²) in [5.41, 5.74) is 1.86. The number of sulfonamides is 1. The zero-order valence-corrected chi connectivity index (χ0v) is 18.9. The second kappa shape index (κ2) is 9.36. The molecule has 2 aromatic rings. The van der Waals surface area contributed by atoms with Gasteiger partial charge in [-0.1, -0.05) is 17.7 Å². The molecule has 3 rings (SSSR count). The molecule has 1 aromatic carbocycles. The van der Waals surface area contributed by atoms with Crippen molar-refractivity contribution in [1.29, 1.82) is 5.26 Å². The lowest BCUT2D eigenvalue weighted by Gasteiger charge is -2.34. The number of nitrogens with zero attached hydrogens (tertiary/aromatic N) is 5. The molecule has 0 saturated carbocycles. The first-order valence-electron chi connectivity index (χ1n) is 9.50. The van der Waals surface area contributed by atoms with E-state index in [2.05, 4.69) is 11.1 Å². The minimum absolute atomic E-state index is 0.125. The summed E-state index contributed by atoms with van der Waals surface area (Å²) in [4.78, 5) is 19.6. The second-order valence-corrected chi connectivity index (χ2v) is 9.60. The fourth-order valence-corrected chi connectivity index (χ4v) is 4.48. The topological polar surface area (TPSA) is 97.6 Å². The van der Waals surface area contributed by atoms with Crippen LogP contribution >= 0.6 is 11.6 Å². The van der Waals surface area contributed by atoms with Crippen molar-refractivity contribution >= 4 is 33.3 Å². The third kappa shape index (κ3) is 4.67. The molecule has 0 N–H and O–H groups in total. The van der Waals surface area contributed by atoms with Crippen molar-refractivity contribution in [3.8, 4) is 17.2 Å². The number of nitriles is 1. The van der Waals surface area contributed by atoms with Crippen molar-refractivity contribution in [3.05, 3.63) is 46.6 Å². The number of amides is 1. The van der Waals surface area contributed by atoms with Gasteiger partial charge in [-0.2, -0.15) is 18.3 Å². The summed E-state index contributed by atoms with van der Waals surface area (Å²) >= 11 is 6.27. The number of rotatable bonds is 5. The van der Waals surface area contributed by atoms with Gasteiger partial charge in [0.1, 0.15) is 11.9 Å². The molecule has 0 unspecified atom stereocenters. The Morgan fingerprint density at radius 2 is 1.84 bits per heavy atom. The summed E-state index contributed by atoms with van der Waals surface area (Å²) < 4.78 is 49.5. The van der Waals surface area contributed by atoms with E-state index >= 15 is 0 Å². The quantitative estimate of drug-likeness (QED) is 0.648. The van der Waals surface area contributed by atoms with Crippen molar-refractivity contribution < 1.29 is 22.0 Å². The Labute approximate surface area is 189 Å². The van der Waals surface area contributed by atoms with E-state index in [-0.39, 0.29) is 42.7 Å². The second-order valence-electron chi connectivity index (χ2n) is 7.29. The molecule has 1 aliphatic rings. The van der Waals surface area contributed by atoms with Crippen LogP contribution in [0.25, 0.3) is 11.1 Å². The standard InChI is InChI=1S/C20H20ClF2N5O3S/c1-26(2)19(29)16-4-3-13(10-17(16)21)15-9-14(11-24)18(25-12-15)27-5-7-28(8-6-27)32(30,31)20(22)23/h3-4,9-10,12,20H,5-8H2,1-2H3. The van der Waals surface area contributed by atoms with Crippen LogP contribution in [0.15, 0.2) is 30.5 Å². The van der Waals surface area contributed by atoms with Gasteiger partial charge in [-0.05, 0) is 23.8 Å². The van der Waals surface area contributed by atoms with Crippen LogP contribution in [0.4, 0.5) is 14.6 Å². The monoisotopic (exact) mass is 483 g/mol. The highest BCUT2D eigenvalue weighted by Gasteiger charge is 2.34. The van der Waals surface area contributed by atoms with E-state index in [4.69, 9.17) is 11.6 Å². The van der Waals surface area contributed by atoms with Gasteiger partial charge in [-0.15, -0.1) is 0 Å². The minimum Gasteiger partial charge on any atom is -0.353 e. The Kier molecular flexibility index (Phi) is 6.97. The van der Waals surface area contributed by atoms with Gasteiger partial charge in [-0.3, -0.25) is 4.79 Å². The zero-order chi connectivity index (χ0) is 23.6. The SMILES string of the molecule is CN(C)C(=O)c1ccc(-c2cnc(N3CCN(S(=O)(=O)C(F)F)CC3)c(C#N)c2)cc1Cl. The predicted octanol–water partition coefficient (Wildman–Crippen LogP) is 2.65. The van der Waals surface area contributed by atoms with Crippen LogP contribution in [0.5, 0.6) is 0 Å². The van der Waals surface area contributed by atoms with E-state index < -0.39 is 15.8 Å². The molecule has 2 heterocycles. The molecule has 1 amide bonds. The van der Waals surface area contributed by atoms with Crippen LogP contribution in [0.2, 0.25) is 5.02 Å². The number of benzene rings is 1. The molecule has 1 fully saturated rings. The number of anilines is 1. The van der Waals surface area contributed by atoms with Crippen LogP contribution in [-0.4, -0.2) is 74.5 Å². The van der Waals surface area contributed by atoms with Gasteiger partial charge < -0.3 is 9.80 Å². The maximum atomic E-state index is 12.7. The summed E-state index contributed by atoms with van der Waals surface area (Å²) in [7, 11) is -1.39. The van der Waals surface area contributed by atoms with Crippen molar-refractivity contribution in [2.45, 2.75) is 5.76 Å². The first-order chi connectivity index (χ1) is 15.1. The molecule has 0 atom stereocenters. The summed E-state index contributed by atoms with van der Waals surface area (Å²) in [5, 5.41) is 9.87. The Hall–Kier alpha value is -2.81. The summed E-state index contributed by atoms with van der Waals surface area (Å²) in [5.74, 6) is -3.36. The summed E-state index contributed by atoms with van der Waals surface area (Å²) in [6.07, 6.45) is 1.54. The highest BCUT2D eigenvalue weighted by molar-refractivity contribution is 7.89. The highest BCUT2D eigenvalue weighted by atomic mass is 35.5. The van der Waals surface area contributed by atoms with Crippen LogP contribution in [0.3, 0.4) is 0 Å². The fraction of sp³-hybridized carbons (Fsp3) is 0.350. The number of carbonyl (C=O) groups excluding carboxylic acids is 1. The molecule has 1 aliphatic heterocycles. The smallest absolute Gasteiger partial charge is 0.350 e. The van der Waals surface area contributed by atoms with E-state index in [1.807, 2.05) is 0 Å². The molecule has 170 valence electrons. The normalized spacial score (nSPS) is 15.0. The Morgan fingerprint density at radius 1 is 1.19 bits per heavy atom. The first kappa shape index (κ1) is 23.8. The predicted molar refractivity (Wildman–Crippen MR) is 116 cm³/mol. The average molecular weight is 484 g/mol. The lowest BCUT2D eigenvalue weighted by atomic mass is 10.0. The minimum atomic E-state index is -4.63. The number of pyridine rings is 1. The molecular weight excluding hydrogens is 464 g/mol. The zero-order valence-electron chi connectivity index (χ0n) is 17.3. The van der Waals surface area contributed by atoms with E-state index in [1.54, 1.807) is 43.3 Å². The van der Waals surface area contributed by atoms with Crippen LogP contribution in [0.1, 0.15) is 15.9 Å². The Bertz CT molecular complexity index is 1180. The molecular formula is C20H20ClF2N5O3S. The van der Waals surface area contributed by atoms with Crippen LogP contribution in [-0.2, 0) is 10.0 Å². The van der Waals surface area contributed by atoms with Gasteiger partial charge in [0, 0.05) is 52.0 Å². The van der Waals surface area contributed by atoms with Gasteiger partial charge in [0.2, 0.25) is 0 Å². The summed E-state index contributed by atoms with van der Waals surface area (Å²) in [6, 6.07) is 8.60. The van der Waals surface area contributed by atoms with Gasteiger partial charge in [0.25, 0.3) is 15.9 Å². The van der Waals surface area contributed by atoms with E-state index in [9.17, 15) is 27.3 Å². The third-order valence-corrected chi connectivity index (χ3v) is 6.90. The van der Waals surface area contributed by atoms with Crippen molar-refractivity contribution in [2.24, 2.45) is 0 Å². The molecule has 0 radical (unpaired) electrons. The lowest BCUT2D eigenvalue weighted by molar-refractivity contribution is 0.0828. The molecule has 1 aromatic heterocycles. The number of hydrogen-bond acceptors (Lipinski definition) is 6. The van der Waals surface area contributed by atoms with Crippen LogP contribution in [0, 0.1) is 11.3 Å². The van der Waals surface area contributed by atoms with E-state index in [0.29, 0.717) is 22.5 Å². The number of hydrogen-bond donors (Lipinski definition) is 0. The molecule has 1 saturated heterocycles. The van der Waals surface area contributed by atoms with Crippen molar-refractivity contribution in [1.82, 2.24) is 14.2 Å². The molecule has 32 heavy (non-hydrogen) atoms. The van der Waals surface area contributed by atoms with Crippen LogP contribution < -0.4 is 4.90 Å². The average Bonchev–Trinajstić information content (AvgIpc) is 2.78. The number of carbonyl (C=O) groups is 1. The van der Waals surface area contributed by atoms with E-state index in [1.165, 1.54) is 11.1 Å². The molecule has 0 bridgehead atoms. The van der Waals surface area contributed by atoms with Gasteiger partial charge in [-0.25, -0.2) is 13.4 Å². The lowest BCUT2D eigenvalue weighted by Crippen LogP contribution is -2.50.